The van der Waals surface area contributed by atoms with Crippen LogP contribution in [0.25, 0.3) is 0 Å². The smallest absolute Gasteiger partial charge is 0.177 e. The number of ether oxygens (including phenoxy) is 1. The predicted molar refractivity (Wildman–Crippen MR) is 63.6 cm³/mol. The monoisotopic (exact) mass is 320 g/mol. The number of rotatable bonds is 3. The van der Waals surface area contributed by atoms with Crippen molar-refractivity contribution in [3.8, 4) is 5.75 Å². The first kappa shape index (κ1) is 11.7. The molecule has 4 heteroatoms. The Labute approximate surface area is 99.9 Å². The second-order valence-corrected chi connectivity index (χ2v) is 4.34. The minimum absolute atomic E-state index is 0.0197. The highest BCUT2D eigenvalue weighted by Crippen LogP contribution is 2.28. The SMILES string of the molecule is COc1c(C)cc(Br)cc1C(=O)CBr. The van der Waals surface area contributed by atoms with Crippen molar-refractivity contribution >= 4 is 37.6 Å². The zero-order valence-corrected chi connectivity index (χ0v) is 11.1. The lowest BCUT2D eigenvalue weighted by molar-refractivity contribution is 0.102. The summed E-state index contributed by atoms with van der Waals surface area (Å²) in [6.45, 7) is 1.91. The van der Waals surface area contributed by atoms with Crippen LogP contribution in [-0.4, -0.2) is 18.2 Å². The molecule has 0 aromatic heterocycles. The first-order valence-corrected chi connectivity index (χ1v) is 5.95. The molecule has 0 saturated heterocycles. The van der Waals surface area contributed by atoms with Gasteiger partial charge in [0.25, 0.3) is 0 Å². The van der Waals surface area contributed by atoms with E-state index in [1.165, 1.54) is 0 Å². The second-order valence-electron chi connectivity index (χ2n) is 2.86. The van der Waals surface area contributed by atoms with Gasteiger partial charge >= 0.3 is 0 Å². The standard InChI is InChI=1S/C10H10Br2O2/c1-6-3-7(12)4-8(9(13)5-11)10(6)14-2/h3-4H,5H2,1-2H3. The molecule has 0 aliphatic heterocycles. The molecule has 0 spiro atoms. The van der Waals surface area contributed by atoms with Gasteiger partial charge in [-0.2, -0.15) is 0 Å². The van der Waals surface area contributed by atoms with Crippen LogP contribution in [0, 0.1) is 6.92 Å². The van der Waals surface area contributed by atoms with Crippen molar-refractivity contribution in [3.05, 3.63) is 27.7 Å². The van der Waals surface area contributed by atoms with E-state index in [-0.39, 0.29) is 5.78 Å². The van der Waals surface area contributed by atoms with E-state index >= 15 is 0 Å². The summed E-state index contributed by atoms with van der Waals surface area (Å²) in [5.74, 6) is 0.670. The Morgan fingerprint density at radius 2 is 2.14 bits per heavy atom. The lowest BCUT2D eigenvalue weighted by Gasteiger charge is -2.10. The van der Waals surface area contributed by atoms with Crippen LogP contribution < -0.4 is 4.74 Å². The number of carbonyl (C=O) groups excluding carboxylic acids is 1. The van der Waals surface area contributed by atoms with Crippen LogP contribution in [0.1, 0.15) is 15.9 Å². The van der Waals surface area contributed by atoms with E-state index in [9.17, 15) is 4.79 Å². The van der Waals surface area contributed by atoms with Crippen molar-refractivity contribution in [2.75, 3.05) is 12.4 Å². The number of aryl methyl sites for hydroxylation is 1. The third kappa shape index (κ3) is 2.36. The van der Waals surface area contributed by atoms with Crippen LogP contribution in [-0.2, 0) is 0 Å². The van der Waals surface area contributed by atoms with E-state index in [0.29, 0.717) is 16.6 Å². The summed E-state index contributed by atoms with van der Waals surface area (Å²) < 4.78 is 6.08. The first-order valence-electron chi connectivity index (χ1n) is 4.03. The molecule has 0 aliphatic rings. The first-order chi connectivity index (χ1) is 6.60. The van der Waals surface area contributed by atoms with Gasteiger partial charge in [0.1, 0.15) is 5.75 Å². The molecule has 0 radical (unpaired) electrons. The van der Waals surface area contributed by atoms with E-state index in [0.717, 1.165) is 10.0 Å². The second kappa shape index (κ2) is 4.94. The van der Waals surface area contributed by atoms with E-state index in [1.54, 1.807) is 13.2 Å². The summed E-state index contributed by atoms with van der Waals surface area (Å²) >= 11 is 6.49. The molecule has 0 saturated carbocycles. The largest absolute Gasteiger partial charge is 0.496 e. The molecule has 0 heterocycles. The topological polar surface area (TPSA) is 26.3 Å². The minimum Gasteiger partial charge on any atom is -0.496 e. The Balaban J connectivity index is 3.32. The van der Waals surface area contributed by atoms with Crippen molar-refractivity contribution in [2.45, 2.75) is 6.92 Å². The Hall–Kier alpha value is -0.350. The van der Waals surface area contributed by atoms with E-state index in [2.05, 4.69) is 31.9 Å². The van der Waals surface area contributed by atoms with Gasteiger partial charge in [0, 0.05) is 4.47 Å². The van der Waals surface area contributed by atoms with Crippen LogP contribution >= 0.6 is 31.9 Å². The highest BCUT2D eigenvalue weighted by molar-refractivity contribution is 9.10. The quantitative estimate of drug-likeness (QED) is 0.630. The zero-order chi connectivity index (χ0) is 10.7. The summed E-state index contributed by atoms with van der Waals surface area (Å²) in [6.07, 6.45) is 0. The molecule has 0 N–H and O–H groups in total. The van der Waals surface area contributed by atoms with Gasteiger partial charge < -0.3 is 4.74 Å². The zero-order valence-electron chi connectivity index (χ0n) is 7.93. The molecule has 1 aromatic carbocycles. The molecule has 2 nitrogen and oxygen atoms in total. The molecular weight excluding hydrogens is 312 g/mol. The van der Waals surface area contributed by atoms with E-state index in [1.807, 2.05) is 13.0 Å². The average molecular weight is 322 g/mol. The normalized spacial score (nSPS) is 10.0. The molecule has 0 amide bonds. The molecule has 14 heavy (non-hydrogen) atoms. The number of methoxy groups -OCH3 is 1. The van der Waals surface area contributed by atoms with Crippen LogP contribution in [0.2, 0.25) is 0 Å². The fourth-order valence-electron chi connectivity index (χ4n) is 1.28. The molecule has 1 rings (SSSR count). The summed E-state index contributed by atoms with van der Waals surface area (Å²) in [5, 5.41) is 0.305. The molecule has 0 bridgehead atoms. The summed E-state index contributed by atoms with van der Waals surface area (Å²) in [5.41, 5.74) is 1.56. The molecule has 0 fully saturated rings. The fourth-order valence-corrected chi connectivity index (χ4v) is 2.15. The lowest BCUT2D eigenvalue weighted by Crippen LogP contribution is -2.04. The lowest BCUT2D eigenvalue weighted by atomic mass is 10.1. The van der Waals surface area contributed by atoms with Gasteiger partial charge in [0.2, 0.25) is 0 Å². The molecule has 1 aromatic rings. The number of hydrogen-bond donors (Lipinski definition) is 0. The van der Waals surface area contributed by atoms with Crippen LogP contribution in [0.4, 0.5) is 0 Å². The van der Waals surface area contributed by atoms with E-state index in [4.69, 9.17) is 4.74 Å². The molecule has 0 atom stereocenters. The van der Waals surface area contributed by atoms with Gasteiger partial charge in [-0.05, 0) is 24.6 Å². The summed E-state index contributed by atoms with van der Waals surface area (Å²) in [6, 6.07) is 3.69. The van der Waals surface area contributed by atoms with Crippen molar-refractivity contribution < 1.29 is 9.53 Å². The Morgan fingerprint density at radius 3 is 2.64 bits per heavy atom. The van der Waals surface area contributed by atoms with Crippen molar-refractivity contribution in [3.63, 3.8) is 0 Å². The maximum absolute atomic E-state index is 11.5. The van der Waals surface area contributed by atoms with Crippen LogP contribution in [0.15, 0.2) is 16.6 Å². The maximum Gasteiger partial charge on any atom is 0.177 e. The van der Waals surface area contributed by atoms with Crippen molar-refractivity contribution in [1.82, 2.24) is 0 Å². The van der Waals surface area contributed by atoms with Crippen molar-refractivity contribution in [1.29, 1.82) is 0 Å². The number of alkyl halides is 1. The molecule has 0 aliphatic carbocycles. The van der Waals surface area contributed by atoms with Crippen LogP contribution in [0.5, 0.6) is 5.75 Å². The highest BCUT2D eigenvalue weighted by atomic mass is 79.9. The van der Waals surface area contributed by atoms with Gasteiger partial charge in [0.15, 0.2) is 5.78 Å². The summed E-state index contributed by atoms with van der Waals surface area (Å²) in [4.78, 5) is 11.5. The Bertz CT molecular complexity index is 361. The van der Waals surface area contributed by atoms with E-state index < -0.39 is 0 Å². The molecular formula is C10H10Br2O2. The van der Waals surface area contributed by atoms with Crippen molar-refractivity contribution in [2.24, 2.45) is 0 Å². The molecule has 0 unspecified atom stereocenters. The number of hydrogen-bond acceptors (Lipinski definition) is 2. The number of ketones is 1. The van der Waals surface area contributed by atoms with Gasteiger partial charge in [-0.15, -0.1) is 0 Å². The average Bonchev–Trinajstić information content (AvgIpc) is 2.15. The summed E-state index contributed by atoms with van der Waals surface area (Å²) in [7, 11) is 1.57. The van der Waals surface area contributed by atoms with Crippen LogP contribution in [0.3, 0.4) is 0 Å². The molecule has 76 valence electrons. The Kier molecular flexibility index (Phi) is 4.13. The van der Waals surface area contributed by atoms with Gasteiger partial charge in [-0.25, -0.2) is 0 Å². The predicted octanol–water partition coefficient (Wildman–Crippen LogP) is 3.34. The number of Topliss-reactive ketones (excluding diaryl/α,β-unsaturated/α-hetero) is 1. The fraction of sp³-hybridized carbons (Fsp3) is 0.300. The highest BCUT2D eigenvalue weighted by Gasteiger charge is 2.13. The van der Waals surface area contributed by atoms with Gasteiger partial charge in [0.05, 0.1) is 18.0 Å². The third-order valence-electron chi connectivity index (χ3n) is 1.87. The Morgan fingerprint density at radius 1 is 1.50 bits per heavy atom. The number of carbonyl (C=O) groups is 1. The number of benzene rings is 1. The van der Waals surface area contributed by atoms with Gasteiger partial charge in [-0.1, -0.05) is 31.9 Å². The number of halogens is 2. The maximum atomic E-state index is 11.5. The van der Waals surface area contributed by atoms with Gasteiger partial charge in [-0.3, -0.25) is 4.79 Å². The minimum atomic E-state index is 0.0197. The third-order valence-corrected chi connectivity index (χ3v) is 2.83.